The Kier molecular flexibility index (Phi) is 4.45. The van der Waals surface area contributed by atoms with E-state index in [9.17, 15) is 17.6 Å². The molecule has 1 N–H and O–H groups in total. The van der Waals surface area contributed by atoms with Crippen molar-refractivity contribution in [1.29, 1.82) is 0 Å². The molecule has 0 fully saturated rings. The highest BCUT2D eigenvalue weighted by Gasteiger charge is 2.18. The highest BCUT2D eigenvalue weighted by atomic mass is 32.2. The van der Waals surface area contributed by atoms with E-state index in [1.165, 1.54) is 0 Å². The summed E-state index contributed by atoms with van der Waals surface area (Å²) in [4.78, 5) is 10.5. The fourth-order valence-electron chi connectivity index (χ4n) is 1.34. The number of terminal acetylenes is 1. The van der Waals surface area contributed by atoms with Crippen molar-refractivity contribution in [3.8, 4) is 12.3 Å². The van der Waals surface area contributed by atoms with Crippen LogP contribution in [0.4, 0.5) is 4.39 Å². The number of rotatable bonds is 5. The summed E-state index contributed by atoms with van der Waals surface area (Å²) in [6.07, 6.45) is 5.60. The van der Waals surface area contributed by atoms with E-state index in [1.54, 1.807) is 0 Å². The van der Waals surface area contributed by atoms with E-state index < -0.39 is 27.2 Å². The first-order chi connectivity index (χ1) is 8.38. The molecule has 0 radical (unpaired) electrons. The van der Waals surface area contributed by atoms with Gasteiger partial charge in [0, 0.05) is 6.42 Å². The number of halogens is 1. The van der Waals surface area contributed by atoms with Crippen LogP contribution in [0.3, 0.4) is 0 Å². The van der Waals surface area contributed by atoms with Gasteiger partial charge >= 0.3 is 5.97 Å². The molecule has 0 unspecified atom stereocenters. The Balaban J connectivity index is 3.07. The predicted octanol–water partition coefficient (Wildman–Crippen LogP) is 1.71. The first-order valence-corrected chi connectivity index (χ1v) is 6.73. The van der Waals surface area contributed by atoms with Gasteiger partial charge in [0.05, 0.1) is 16.2 Å². The maximum absolute atomic E-state index is 13.1. The zero-order valence-corrected chi connectivity index (χ0v) is 10.2. The molecule has 1 rings (SSSR count). The fourth-order valence-corrected chi connectivity index (χ4v) is 2.68. The van der Waals surface area contributed by atoms with Crippen molar-refractivity contribution in [1.82, 2.24) is 0 Å². The molecule has 0 saturated heterocycles. The Morgan fingerprint density at radius 1 is 1.44 bits per heavy atom. The Morgan fingerprint density at radius 3 is 2.67 bits per heavy atom. The van der Waals surface area contributed by atoms with E-state index in [0.29, 0.717) is 6.42 Å². The third-order valence-corrected chi connectivity index (χ3v) is 4.06. The Hall–Kier alpha value is -1.87. The molecule has 0 aromatic heterocycles. The zero-order chi connectivity index (χ0) is 13.8. The Bertz CT molecular complexity index is 599. The van der Waals surface area contributed by atoms with Gasteiger partial charge in [0.25, 0.3) is 0 Å². The van der Waals surface area contributed by atoms with Crippen LogP contribution in [0, 0.1) is 18.2 Å². The largest absolute Gasteiger partial charge is 0.478 e. The number of carbonyl (C=O) groups is 1. The predicted molar refractivity (Wildman–Crippen MR) is 63.5 cm³/mol. The summed E-state index contributed by atoms with van der Waals surface area (Å²) in [5.41, 5.74) is -0.659. The maximum atomic E-state index is 13.1. The standard InChI is InChI=1S/C12H11FO4S/c1-2-3-4-7-18(16,17)9-5-6-11(13)10(8-9)12(14)15/h1,5-6,8H,3-4,7H2,(H,14,15). The normalized spacial score (nSPS) is 10.9. The molecule has 96 valence electrons. The van der Waals surface area contributed by atoms with Crippen molar-refractivity contribution in [3.63, 3.8) is 0 Å². The van der Waals surface area contributed by atoms with Crippen LogP contribution >= 0.6 is 0 Å². The molecule has 0 aliphatic heterocycles. The zero-order valence-electron chi connectivity index (χ0n) is 9.39. The number of hydrogen-bond acceptors (Lipinski definition) is 3. The second kappa shape index (κ2) is 5.65. The summed E-state index contributed by atoms with van der Waals surface area (Å²) in [5, 5.41) is 8.71. The van der Waals surface area contributed by atoms with Crippen molar-refractivity contribution in [2.75, 3.05) is 5.75 Å². The van der Waals surface area contributed by atoms with E-state index in [2.05, 4.69) is 5.92 Å². The summed E-state index contributed by atoms with van der Waals surface area (Å²) in [5.74, 6) is -0.355. The molecule has 1 aromatic rings. The third-order valence-electron chi connectivity index (χ3n) is 2.26. The highest BCUT2D eigenvalue weighted by Crippen LogP contribution is 2.17. The van der Waals surface area contributed by atoms with Crippen molar-refractivity contribution >= 4 is 15.8 Å². The summed E-state index contributed by atoms with van der Waals surface area (Å²) in [7, 11) is -3.63. The average molecular weight is 270 g/mol. The van der Waals surface area contributed by atoms with Crippen LogP contribution in [-0.4, -0.2) is 25.2 Å². The van der Waals surface area contributed by atoms with Crippen molar-refractivity contribution in [2.45, 2.75) is 17.7 Å². The van der Waals surface area contributed by atoms with Gasteiger partial charge in [-0.25, -0.2) is 17.6 Å². The van der Waals surface area contributed by atoms with E-state index in [4.69, 9.17) is 11.5 Å². The number of carboxylic acids is 1. The first-order valence-electron chi connectivity index (χ1n) is 5.07. The smallest absolute Gasteiger partial charge is 0.338 e. The number of carboxylic acid groups (broad SMARTS) is 1. The minimum Gasteiger partial charge on any atom is -0.478 e. The van der Waals surface area contributed by atoms with Gasteiger partial charge < -0.3 is 5.11 Å². The topological polar surface area (TPSA) is 71.4 Å². The first kappa shape index (κ1) is 14.2. The van der Waals surface area contributed by atoms with Crippen LogP contribution in [0.15, 0.2) is 23.1 Å². The molecule has 0 aliphatic carbocycles. The molecule has 6 heteroatoms. The molecule has 0 aliphatic rings. The quantitative estimate of drug-likeness (QED) is 0.502. The molecule has 0 atom stereocenters. The summed E-state index contributed by atoms with van der Waals surface area (Å²) >= 11 is 0. The monoisotopic (exact) mass is 270 g/mol. The lowest BCUT2D eigenvalue weighted by Crippen LogP contribution is -2.09. The average Bonchev–Trinajstić information content (AvgIpc) is 2.29. The van der Waals surface area contributed by atoms with Crippen LogP contribution in [0.2, 0.25) is 0 Å². The van der Waals surface area contributed by atoms with E-state index in [0.717, 1.165) is 18.2 Å². The molecule has 0 spiro atoms. The second-order valence-corrected chi connectivity index (χ2v) is 5.68. The van der Waals surface area contributed by atoms with E-state index in [1.807, 2.05) is 0 Å². The fraction of sp³-hybridized carbons (Fsp3) is 0.250. The van der Waals surface area contributed by atoms with Gasteiger partial charge in [-0.3, -0.25) is 0 Å². The minimum absolute atomic E-state index is 0.193. The number of unbranched alkanes of at least 4 members (excludes halogenated alkanes) is 1. The molecule has 0 heterocycles. The van der Waals surface area contributed by atoms with E-state index >= 15 is 0 Å². The molecule has 4 nitrogen and oxygen atoms in total. The number of sulfone groups is 1. The number of hydrogen-bond donors (Lipinski definition) is 1. The highest BCUT2D eigenvalue weighted by molar-refractivity contribution is 7.91. The molecular weight excluding hydrogens is 259 g/mol. The van der Waals surface area contributed by atoms with Crippen LogP contribution < -0.4 is 0 Å². The Labute approximate surface area is 104 Å². The van der Waals surface area contributed by atoms with E-state index in [-0.39, 0.29) is 17.1 Å². The molecule has 0 amide bonds. The van der Waals surface area contributed by atoms with Crippen LogP contribution in [0.1, 0.15) is 23.2 Å². The van der Waals surface area contributed by atoms with Gasteiger partial charge in [-0.05, 0) is 24.6 Å². The van der Waals surface area contributed by atoms with Crippen LogP contribution in [-0.2, 0) is 9.84 Å². The lowest BCUT2D eigenvalue weighted by Gasteiger charge is -2.05. The van der Waals surface area contributed by atoms with Gasteiger partial charge in [-0.1, -0.05) is 0 Å². The number of benzene rings is 1. The van der Waals surface area contributed by atoms with Gasteiger partial charge in [-0.2, -0.15) is 0 Å². The maximum Gasteiger partial charge on any atom is 0.338 e. The summed E-state index contributed by atoms with van der Waals surface area (Å²) in [6.45, 7) is 0. The van der Waals surface area contributed by atoms with Crippen LogP contribution in [0.5, 0.6) is 0 Å². The number of aromatic carboxylic acids is 1. The van der Waals surface area contributed by atoms with Crippen molar-refractivity contribution < 1.29 is 22.7 Å². The van der Waals surface area contributed by atoms with Gasteiger partial charge in [-0.15, -0.1) is 12.3 Å². The summed E-state index contributed by atoms with van der Waals surface area (Å²) < 4.78 is 36.7. The Morgan fingerprint density at radius 2 is 2.11 bits per heavy atom. The molecular formula is C12H11FO4S. The lowest BCUT2D eigenvalue weighted by molar-refractivity contribution is 0.0691. The van der Waals surface area contributed by atoms with Crippen molar-refractivity contribution in [3.05, 3.63) is 29.6 Å². The minimum atomic E-state index is -3.63. The molecule has 1 aromatic carbocycles. The molecule has 18 heavy (non-hydrogen) atoms. The second-order valence-electron chi connectivity index (χ2n) is 3.57. The lowest BCUT2D eigenvalue weighted by atomic mass is 10.2. The van der Waals surface area contributed by atoms with Gasteiger partial charge in [0.1, 0.15) is 5.82 Å². The van der Waals surface area contributed by atoms with Crippen molar-refractivity contribution in [2.24, 2.45) is 0 Å². The third kappa shape index (κ3) is 3.31. The van der Waals surface area contributed by atoms with Crippen LogP contribution in [0.25, 0.3) is 0 Å². The van der Waals surface area contributed by atoms with Gasteiger partial charge in [0.15, 0.2) is 9.84 Å². The summed E-state index contributed by atoms with van der Waals surface area (Å²) in [6, 6.07) is 2.70. The van der Waals surface area contributed by atoms with Gasteiger partial charge in [0.2, 0.25) is 0 Å². The molecule has 0 saturated carbocycles. The molecule has 0 bridgehead atoms. The SMILES string of the molecule is C#CCCCS(=O)(=O)c1ccc(F)c(C(=O)O)c1.